The van der Waals surface area contributed by atoms with Gasteiger partial charge in [0.15, 0.2) is 0 Å². The fourth-order valence-corrected chi connectivity index (χ4v) is 7.13. The maximum atomic E-state index is 14.2. The van der Waals surface area contributed by atoms with E-state index in [2.05, 4.69) is 59.3 Å². The lowest BCUT2D eigenvalue weighted by molar-refractivity contribution is -0.150. The molecule has 4 heterocycles. The number of H-pyrrole nitrogens is 2. The van der Waals surface area contributed by atoms with E-state index in [1.54, 1.807) is 0 Å². The SMILES string of the molecule is CCCC1(CC(=O)O)OCCc2c1[nH]c1c(F)ccc(C#N)c21.CCC[C@]1(CC(=O)O)OCCc2c1[nH]c1c(F)ccc(C#N)c21.II. The monoisotopic (exact) mass is 886 g/mol. The minimum Gasteiger partial charge on any atom is -0.481 e. The quantitative estimate of drug-likeness (QED) is 0.128. The summed E-state index contributed by atoms with van der Waals surface area (Å²) in [6.45, 7) is 4.61. The van der Waals surface area contributed by atoms with Gasteiger partial charge in [0.1, 0.15) is 22.8 Å². The minimum atomic E-state index is -0.994. The van der Waals surface area contributed by atoms with E-state index in [-0.39, 0.29) is 23.9 Å². The van der Waals surface area contributed by atoms with E-state index in [1.807, 2.05) is 13.8 Å². The van der Waals surface area contributed by atoms with Crippen LogP contribution in [0.5, 0.6) is 0 Å². The molecule has 2 aliphatic heterocycles. The van der Waals surface area contributed by atoms with Gasteiger partial charge in [0, 0.05) is 48.0 Å². The summed E-state index contributed by atoms with van der Waals surface area (Å²) in [5, 5.41) is 38.3. The molecule has 0 radical (unpaired) electrons. The molecule has 0 spiro atoms. The summed E-state index contributed by atoms with van der Waals surface area (Å²) in [6, 6.07) is 9.60. The van der Waals surface area contributed by atoms with E-state index in [0.717, 1.165) is 24.0 Å². The molecule has 254 valence electrons. The van der Waals surface area contributed by atoms with Crippen molar-refractivity contribution in [1.29, 1.82) is 10.5 Å². The van der Waals surface area contributed by atoms with Crippen LogP contribution in [-0.2, 0) is 43.1 Å². The number of carbonyl (C=O) groups is 2. The van der Waals surface area contributed by atoms with Crippen molar-refractivity contribution in [2.45, 2.75) is 76.4 Å². The lowest BCUT2D eigenvalue weighted by Crippen LogP contribution is -2.37. The van der Waals surface area contributed by atoms with Crippen molar-refractivity contribution < 1.29 is 38.1 Å². The molecule has 0 fully saturated rings. The van der Waals surface area contributed by atoms with E-state index < -0.39 is 34.8 Å². The van der Waals surface area contributed by atoms with Crippen molar-refractivity contribution in [3.05, 3.63) is 69.5 Å². The highest BCUT2D eigenvalue weighted by molar-refractivity contribution is 15.0. The van der Waals surface area contributed by atoms with Crippen molar-refractivity contribution in [1.82, 2.24) is 9.97 Å². The summed E-state index contributed by atoms with van der Waals surface area (Å²) in [5.74, 6) is -2.83. The van der Waals surface area contributed by atoms with Crippen molar-refractivity contribution in [3.8, 4) is 12.1 Å². The Kier molecular flexibility index (Phi) is 12.4. The summed E-state index contributed by atoms with van der Waals surface area (Å²) >= 11 is 4.24. The molecule has 6 rings (SSSR count). The van der Waals surface area contributed by atoms with Gasteiger partial charge in [-0.25, -0.2) is 8.78 Å². The van der Waals surface area contributed by atoms with Gasteiger partial charge in [-0.2, -0.15) is 10.5 Å². The number of hydrogen-bond acceptors (Lipinski definition) is 6. The molecule has 4 N–H and O–H groups in total. The van der Waals surface area contributed by atoms with Crippen molar-refractivity contribution in [3.63, 3.8) is 0 Å². The molecule has 4 aromatic rings. The zero-order chi connectivity index (χ0) is 35.2. The van der Waals surface area contributed by atoms with Crippen LogP contribution in [0.2, 0.25) is 0 Å². The standard InChI is InChI=1S/2C17H17FN2O3.I2/c2*1-2-6-17(8-13(21)22)16-11(5-7-23-17)14-10(9-19)3-4-12(18)15(14)20-16;1-2/h2*3-4,20H,2,5-8H2,1H3,(H,21,22);/t17-;;/m1../s1. The Morgan fingerprint density at radius 2 is 1.17 bits per heavy atom. The van der Waals surface area contributed by atoms with E-state index in [0.29, 0.717) is 72.2 Å². The van der Waals surface area contributed by atoms with Crippen molar-refractivity contribution in [2.75, 3.05) is 13.2 Å². The lowest BCUT2D eigenvalue weighted by Gasteiger charge is -2.36. The van der Waals surface area contributed by atoms with Gasteiger partial charge in [-0.1, -0.05) is 26.7 Å². The van der Waals surface area contributed by atoms with Crippen molar-refractivity contribution >= 4 is 71.0 Å². The number of aliphatic carboxylic acids is 2. The number of benzene rings is 2. The third kappa shape index (κ3) is 7.03. The number of nitrogens with one attached hydrogen (secondary N) is 2. The third-order valence-corrected chi connectivity index (χ3v) is 8.81. The Morgan fingerprint density at radius 3 is 1.48 bits per heavy atom. The third-order valence-electron chi connectivity index (χ3n) is 8.81. The number of nitriles is 2. The van der Waals surface area contributed by atoms with E-state index in [4.69, 9.17) is 9.47 Å². The maximum Gasteiger partial charge on any atom is 0.306 e. The summed E-state index contributed by atoms with van der Waals surface area (Å²) in [7, 11) is 0. The number of carboxylic acid groups (broad SMARTS) is 2. The normalized spacial score (nSPS) is 19.5. The molecule has 48 heavy (non-hydrogen) atoms. The number of carboxylic acids is 2. The Labute approximate surface area is 299 Å². The first kappa shape index (κ1) is 37.5. The largest absolute Gasteiger partial charge is 0.481 e. The highest BCUT2D eigenvalue weighted by atomic mass is 128. The van der Waals surface area contributed by atoms with Crippen LogP contribution in [0, 0.1) is 34.3 Å². The second-order valence-electron chi connectivity index (χ2n) is 11.7. The van der Waals surface area contributed by atoms with Gasteiger partial charge in [0.25, 0.3) is 0 Å². The minimum absolute atomic E-state index is 0.190. The molecule has 0 saturated heterocycles. The Hall–Kier alpha value is -3.32. The number of rotatable bonds is 8. The van der Waals surface area contributed by atoms with Gasteiger partial charge in [0.2, 0.25) is 0 Å². The van der Waals surface area contributed by atoms with Crippen LogP contribution in [0.1, 0.15) is 86.0 Å². The Morgan fingerprint density at radius 1 is 0.792 bits per heavy atom. The van der Waals surface area contributed by atoms with Crippen LogP contribution in [0.15, 0.2) is 24.3 Å². The van der Waals surface area contributed by atoms with Gasteiger partial charge in [-0.05, 0) is 61.1 Å². The predicted molar refractivity (Wildman–Crippen MR) is 191 cm³/mol. The Balaban J connectivity index is 0.000000206. The highest BCUT2D eigenvalue weighted by Gasteiger charge is 2.43. The molecule has 2 aliphatic rings. The van der Waals surface area contributed by atoms with Crippen LogP contribution in [0.25, 0.3) is 21.8 Å². The zero-order valence-electron chi connectivity index (χ0n) is 26.3. The molecule has 2 aromatic heterocycles. The van der Waals surface area contributed by atoms with E-state index in [9.17, 15) is 39.1 Å². The number of fused-ring (bicyclic) bond motifs is 6. The van der Waals surface area contributed by atoms with Crippen LogP contribution >= 0.6 is 37.2 Å². The smallest absolute Gasteiger partial charge is 0.306 e. The molecule has 10 nitrogen and oxygen atoms in total. The average molecular weight is 886 g/mol. The molecular formula is C34H34F2I2N4O6. The fraction of sp³-hybridized carbons (Fsp3) is 0.412. The Bertz CT molecular complexity index is 1790. The molecule has 0 amide bonds. The van der Waals surface area contributed by atoms with Crippen LogP contribution < -0.4 is 0 Å². The predicted octanol–water partition coefficient (Wildman–Crippen LogP) is 8.21. The summed E-state index contributed by atoms with van der Waals surface area (Å²) in [4.78, 5) is 28.7. The lowest BCUT2D eigenvalue weighted by atomic mass is 9.84. The van der Waals surface area contributed by atoms with Gasteiger partial charge in [-0.3, -0.25) is 9.59 Å². The van der Waals surface area contributed by atoms with Gasteiger partial charge in [0.05, 0.1) is 71.7 Å². The number of aromatic amines is 2. The number of hydrogen-bond donors (Lipinski definition) is 4. The molecule has 2 aromatic carbocycles. The second-order valence-corrected chi connectivity index (χ2v) is 11.7. The second kappa shape index (κ2) is 15.9. The number of nitrogens with zero attached hydrogens (tertiary/aromatic N) is 2. The molecule has 0 saturated carbocycles. The fourth-order valence-electron chi connectivity index (χ4n) is 7.13. The van der Waals surface area contributed by atoms with Gasteiger partial charge < -0.3 is 29.7 Å². The molecule has 2 atom stereocenters. The number of halogens is 4. The topological polar surface area (TPSA) is 172 Å². The first-order valence-electron chi connectivity index (χ1n) is 15.4. The first-order chi connectivity index (χ1) is 23.0. The maximum absolute atomic E-state index is 14.2. The van der Waals surface area contributed by atoms with E-state index in [1.165, 1.54) is 24.3 Å². The zero-order valence-corrected chi connectivity index (χ0v) is 30.6. The highest BCUT2D eigenvalue weighted by Crippen LogP contribution is 2.45. The van der Waals surface area contributed by atoms with Crippen molar-refractivity contribution in [2.24, 2.45) is 0 Å². The molecule has 1 unspecified atom stereocenters. The molecular weight excluding hydrogens is 852 g/mol. The molecule has 0 aliphatic carbocycles. The van der Waals surface area contributed by atoms with Crippen LogP contribution in [0.4, 0.5) is 8.78 Å². The summed E-state index contributed by atoms with van der Waals surface area (Å²) in [5.41, 5.74) is 2.11. The average Bonchev–Trinajstić information content (AvgIpc) is 3.66. The molecule has 14 heteroatoms. The summed E-state index contributed by atoms with van der Waals surface area (Å²) < 4.78 is 40.1. The molecule has 0 bridgehead atoms. The van der Waals surface area contributed by atoms with E-state index >= 15 is 0 Å². The summed E-state index contributed by atoms with van der Waals surface area (Å²) in [6.07, 6.45) is 3.17. The first-order valence-corrected chi connectivity index (χ1v) is 21.7. The van der Waals surface area contributed by atoms with Gasteiger partial charge in [-0.15, -0.1) is 0 Å². The number of aromatic nitrogens is 2. The van der Waals surface area contributed by atoms with Crippen LogP contribution in [-0.4, -0.2) is 45.3 Å². The number of ether oxygens (including phenoxy) is 2. The van der Waals surface area contributed by atoms with Gasteiger partial charge >= 0.3 is 11.9 Å². The van der Waals surface area contributed by atoms with Crippen LogP contribution in [0.3, 0.4) is 0 Å².